The summed E-state index contributed by atoms with van der Waals surface area (Å²) in [5.74, 6) is 0.628. The third kappa shape index (κ3) is 17.2. The number of anilines is 10. The van der Waals surface area contributed by atoms with E-state index in [4.69, 9.17) is 32.7 Å². The number of morpholine rings is 1. The van der Waals surface area contributed by atoms with Gasteiger partial charge in [0.25, 0.3) is 0 Å². The molecule has 0 saturated carbocycles. The molecule has 0 bridgehead atoms. The quantitative estimate of drug-likeness (QED) is 0.0350. The van der Waals surface area contributed by atoms with Crippen LogP contribution in [0.3, 0.4) is 0 Å². The maximum absolute atomic E-state index is 13.4. The Hall–Kier alpha value is -14.7. The Kier molecular flexibility index (Phi) is 23.5. The van der Waals surface area contributed by atoms with Crippen molar-refractivity contribution in [2.24, 2.45) is 0 Å². The third-order valence-electron chi connectivity index (χ3n) is 23.3. The van der Waals surface area contributed by atoms with Crippen molar-refractivity contribution in [3.8, 4) is 5.75 Å². The van der Waals surface area contributed by atoms with Gasteiger partial charge in [-0.2, -0.15) is 0 Å². The van der Waals surface area contributed by atoms with Gasteiger partial charge < -0.3 is 60.5 Å². The lowest BCUT2D eigenvalue weighted by atomic mass is 9.96. The van der Waals surface area contributed by atoms with Crippen LogP contribution in [0.25, 0.3) is 68.4 Å². The average Bonchev–Trinajstić information content (AvgIpc) is 1.66. The van der Waals surface area contributed by atoms with Gasteiger partial charge in [-0.15, -0.1) is 0 Å². The number of methoxy groups -OCH3 is 1. The summed E-state index contributed by atoms with van der Waals surface area (Å²) >= 11 is 12.2. The minimum absolute atomic E-state index is 0. The van der Waals surface area contributed by atoms with Gasteiger partial charge in [0.2, 0.25) is 0 Å². The molecule has 8 aromatic heterocycles. The molecular formula is C103H88Cl2N14O6. The van der Waals surface area contributed by atoms with E-state index in [1.807, 2.05) is 121 Å². The highest BCUT2D eigenvalue weighted by atomic mass is 35.5. The van der Waals surface area contributed by atoms with Crippen molar-refractivity contribution in [3.63, 3.8) is 0 Å². The number of carbonyl (C=O) groups is 4. The number of ketones is 4. The van der Waals surface area contributed by atoms with Gasteiger partial charge in [-0.25, -0.2) is 19.9 Å². The van der Waals surface area contributed by atoms with Crippen molar-refractivity contribution >= 4 is 172 Å². The number of piperidine rings is 1. The molecule has 6 aliphatic rings. The van der Waals surface area contributed by atoms with Crippen molar-refractivity contribution < 1.29 is 28.7 Å². The Bertz CT molecular complexity index is 6730. The number of nitrogens with zero attached hydrogens (tertiary/aromatic N) is 6. The Balaban J connectivity index is 0.000000113. The highest BCUT2D eigenvalue weighted by Crippen LogP contribution is 2.38. The largest absolute Gasteiger partial charge is 0.495 e. The normalized spacial score (nSPS) is 13.7. The highest BCUT2D eigenvalue weighted by Gasteiger charge is 2.27. The van der Waals surface area contributed by atoms with E-state index in [1.165, 1.54) is 52.9 Å². The number of H-pyrrole nitrogens is 4. The van der Waals surface area contributed by atoms with Crippen LogP contribution in [0.2, 0.25) is 10.0 Å². The first kappa shape index (κ1) is 81.3. The first-order valence-corrected chi connectivity index (χ1v) is 42.3. The van der Waals surface area contributed by atoms with Crippen LogP contribution in [0.15, 0.2) is 262 Å². The number of carbonyl (C=O) groups excluding carboxylic acids is 4. The minimum Gasteiger partial charge on any atom is -0.495 e. The number of pyridine rings is 4. The number of fused-ring (bicyclic) bond motifs is 8. The predicted octanol–water partition coefficient (Wildman–Crippen LogP) is 23.2. The molecule has 8 N–H and O–H groups in total. The summed E-state index contributed by atoms with van der Waals surface area (Å²) in [5, 5.41) is 17.9. The monoisotopic (exact) mass is 1690 g/mol. The molecule has 20 nitrogen and oxygen atoms in total. The molecule has 4 aliphatic carbocycles. The second-order valence-corrected chi connectivity index (χ2v) is 32.0. The highest BCUT2D eigenvalue weighted by molar-refractivity contribution is 6.32. The Labute approximate surface area is 732 Å². The molecule has 620 valence electrons. The number of hydrogen-bond acceptors (Lipinski definition) is 16. The molecule has 0 spiro atoms. The SMILES string of the molecule is C.COc1ccc(Nc2cnc3[nH]cc(C(=O)c4cccc5c4C=CC5)c3c2)cc1Cl.O=C(c1cccc2c1C=CC2)c1c[nH]c2ncc(Nc3ccc(Cl)cc3)cc12.O=C(c1cccc2c1C=CC2)c1c[nH]c2ncc(Nc3ccc(N4CCCCC4)cc3)cc12.O=C(c1cccc2c1C=CC2)c1c[nH]c2ncc(Nc3ccc(N4CCOCC4)cc3)cc12. The fourth-order valence-corrected chi connectivity index (χ4v) is 17.4. The molecule has 22 rings (SSSR count). The van der Waals surface area contributed by atoms with Crippen LogP contribution in [-0.4, -0.2) is 110 Å². The zero-order valence-corrected chi connectivity index (χ0v) is 69.2. The molecule has 8 aromatic carbocycles. The molecule has 2 saturated heterocycles. The molecule has 22 heteroatoms. The summed E-state index contributed by atoms with van der Waals surface area (Å²) in [5.41, 5.74) is 26.5. The van der Waals surface area contributed by atoms with Crippen LogP contribution in [0.4, 0.5) is 56.9 Å². The lowest BCUT2D eigenvalue weighted by Crippen LogP contribution is -2.36. The predicted molar refractivity (Wildman–Crippen MR) is 506 cm³/mol. The summed E-state index contributed by atoms with van der Waals surface area (Å²) in [6.07, 6.45) is 38.0. The molecule has 0 unspecified atom stereocenters. The van der Waals surface area contributed by atoms with E-state index in [0.29, 0.717) is 66.2 Å². The van der Waals surface area contributed by atoms with E-state index in [2.05, 4.69) is 174 Å². The molecule has 10 heterocycles. The van der Waals surface area contributed by atoms with Gasteiger partial charge in [-0.1, -0.05) is 152 Å². The third-order valence-corrected chi connectivity index (χ3v) is 23.9. The second kappa shape index (κ2) is 36.2. The van der Waals surface area contributed by atoms with Crippen LogP contribution < -0.4 is 35.8 Å². The van der Waals surface area contributed by atoms with Gasteiger partial charge in [0, 0.05) is 156 Å². The molecule has 2 aliphatic heterocycles. The summed E-state index contributed by atoms with van der Waals surface area (Å²) in [4.78, 5) is 88.8. The van der Waals surface area contributed by atoms with Gasteiger partial charge in [0.05, 0.1) is 72.9 Å². The van der Waals surface area contributed by atoms with Crippen molar-refractivity contribution in [1.29, 1.82) is 0 Å². The van der Waals surface area contributed by atoms with E-state index in [1.54, 1.807) is 68.8 Å². The summed E-state index contributed by atoms with van der Waals surface area (Å²) < 4.78 is 10.6. The van der Waals surface area contributed by atoms with Gasteiger partial charge in [-0.05, 0) is 205 Å². The molecule has 0 radical (unpaired) electrons. The molecule has 0 amide bonds. The molecule has 0 atom stereocenters. The molecule has 2 fully saturated rings. The van der Waals surface area contributed by atoms with E-state index >= 15 is 0 Å². The Morgan fingerprint density at radius 1 is 0.360 bits per heavy atom. The lowest BCUT2D eigenvalue weighted by Gasteiger charge is -2.28. The topological polar surface area (TPSA) is 256 Å². The Morgan fingerprint density at radius 2 is 0.672 bits per heavy atom. The van der Waals surface area contributed by atoms with Gasteiger partial charge in [0.1, 0.15) is 28.3 Å². The van der Waals surface area contributed by atoms with Crippen LogP contribution >= 0.6 is 23.2 Å². The number of ether oxygens (including phenoxy) is 2. The van der Waals surface area contributed by atoms with Crippen LogP contribution in [0, 0.1) is 0 Å². The van der Waals surface area contributed by atoms with Crippen molar-refractivity contribution in [2.75, 3.05) is 77.6 Å². The van der Waals surface area contributed by atoms with E-state index in [-0.39, 0.29) is 30.6 Å². The van der Waals surface area contributed by atoms with Gasteiger partial charge in [0.15, 0.2) is 23.1 Å². The second-order valence-electron chi connectivity index (χ2n) is 31.1. The number of aromatic nitrogens is 8. The maximum Gasteiger partial charge on any atom is 0.195 e. The van der Waals surface area contributed by atoms with Crippen LogP contribution in [-0.2, 0) is 30.4 Å². The first-order valence-electron chi connectivity index (χ1n) is 41.5. The summed E-state index contributed by atoms with van der Waals surface area (Å²) in [6.45, 7) is 5.64. The van der Waals surface area contributed by atoms with E-state index in [9.17, 15) is 19.2 Å². The van der Waals surface area contributed by atoms with Crippen LogP contribution in [0.1, 0.15) is 135 Å². The van der Waals surface area contributed by atoms with Crippen molar-refractivity contribution in [2.45, 2.75) is 52.4 Å². The molecule has 16 aromatic rings. The lowest BCUT2D eigenvalue weighted by molar-refractivity contribution is 0.103. The van der Waals surface area contributed by atoms with Crippen molar-refractivity contribution in [3.05, 3.63) is 361 Å². The van der Waals surface area contributed by atoms with E-state index in [0.717, 1.165) is 171 Å². The van der Waals surface area contributed by atoms with E-state index < -0.39 is 0 Å². The summed E-state index contributed by atoms with van der Waals surface area (Å²) in [7, 11) is 1.58. The molecule has 125 heavy (non-hydrogen) atoms. The standard InChI is InChI=1S/C28H26N4O.C27H24N4O2.C24H18ClN3O2.C23H16ClN3O.CH4/c33-27(24-9-5-7-19-6-4-8-23(19)24)26-18-30-28-25(26)16-21(17-29-28)31-20-10-12-22(13-11-20)32-14-2-1-3-15-32;32-26(23-6-2-4-18-3-1-5-22(18)23)25-17-29-27-24(25)15-20(16-28-27)30-19-7-9-21(10-8-19)31-11-13-33-14-12-31;1-30-22-9-8-15(11-21(22)25)28-16-10-19-20(13-27-24(19)26-12-16)23(29)18-7-3-5-14-4-2-6-17(14)18;24-15-7-9-16(10-8-15)27-17-11-20-21(13-26-23(20)25-12-17)22(28)19-6-2-4-14-3-1-5-18(14)19;/h4-5,7-13,16-18,31H,1-3,6,14-15H2,(H,29,30);1-2,4-10,15-17,30H,3,11-14H2,(H,28,29);2-3,5-13,28H,4H2,1H3,(H,26,27);1-2,4-13,27H,3H2,(H,25,26);1H4. The zero-order chi connectivity index (χ0) is 84.2. The number of benzene rings is 8. The molecular weight excluding hydrogens is 1600 g/mol. The average molecular weight is 1690 g/mol. The number of rotatable bonds is 19. The van der Waals surface area contributed by atoms with Crippen LogP contribution in [0.5, 0.6) is 5.75 Å². The fraction of sp³-hybridized carbons (Fsp3) is 0.146. The minimum atomic E-state index is -0.0175. The number of hydrogen-bond donors (Lipinski definition) is 8. The number of allylic oxidation sites excluding steroid dienone is 4. The number of halogens is 2. The number of nitrogens with one attached hydrogen (secondary N) is 8. The van der Waals surface area contributed by atoms with Crippen molar-refractivity contribution in [1.82, 2.24) is 39.9 Å². The van der Waals surface area contributed by atoms with Gasteiger partial charge >= 0.3 is 0 Å². The fourth-order valence-electron chi connectivity index (χ4n) is 17.0. The zero-order valence-electron chi connectivity index (χ0n) is 67.7. The summed E-state index contributed by atoms with van der Waals surface area (Å²) in [6, 6.07) is 61.4. The smallest absolute Gasteiger partial charge is 0.195 e. The Morgan fingerprint density at radius 3 is 1.00 bits per heavy atom. The number of aromatic amines is 4. The first-order chi connectivity index (χ1) is 60.8. The van der Waals surface area contributed by atoms with Gasteiger partial charge in [-0.3, -0.25) is 19.2 Å². The maximum atomic E-state index is 13.4.